The lowest BCUT2D eigenvalue weighted by Crippen LogP contribution is -2.55. The molecule has 2 aromatic carbocycles. The molecule has 2 aliphatic rings. The minimum Gasteiger partial charge on any atom is -0.490 e. The van der Waals surface area contributed by atoms with Crippen LogP contribution in [0.4, 0.5) is 0 Å². The third-order valence-corrected chi connectivity index (χ3v) is 10.4. The molecular weight excluding hydrogens is 601 g/mol. The number of para-hydroxylation sites is 1. The molecule has 3 aromatic rings. The number of aromatic nitrogens is 1. The second kappa shape index (κ2) is 13.7. The van der Waals surface area contributed by atoms with E-state index in [-0.39, 0.29) is 37.8 Å². The highest BCUT2D eigenvalue weighted by molar-refractivity contribution is 8.00. The van der Waals surface area contributed by atoms with E-state index >= 15 is 0 Å². The molecule has 0 aliphatic carbocycles. The van der Waals surface area contributed by atoms with Crippen LogP contribution in [0.1, 0.15) is 48.0 Å². The number of benzene rings is 2. The number of hydrogen-bond donors (Lipinski definition) is 4. The van der Waals surface area contributed by atoms with E-state index in [0.717, 1.165) is 16.1 Å². The van der Waals surface area contributed by atoms with Gasteiger partial charge in [0.2, 0.25) is 11.8 Å². The Balaban J connectivity index is 1.32. The monoisotopic (exact) mass is 638 g/mol. The van der Waals surface area contributed by atoms with Gasteiger partial charge in [-0.05, 0) is 45.2 Å². The molecule has 234 valence electrons. The van der Waals surface area contributed by atoms with E-state index in [4.69, 9.17) is 4.74 Å². The predicted octanol–water partition coefficient (Wildman–Crippen LogP) is 2.97. The second-order valence-corrected chi connectivity index (χ2v) is 14.4. The summed E-state index contributed by atoms with van der Waals surface area (Å²) in [6.07, 6.45) is -2.37. The number of nitrogens with one attached hydrogen (secondary N) is 2. The molecule has 0 saturated carbocycles. The standard InChI is InChI=1S/C32H38N4O6S2/c1-19-23(34-17-43-19)15-33-30(40)28-32(2,3)44-18-36(28)31(41)24(37)14-21(13-20-9-5-4-6-10-20)29(39)35-27-22-11-7-8-12-26(22)42-16-25(27)38/h4-12,17,21,24-25,27-28,37-38H,13-16,18H2,1-3H3,(H,33,40)(H,35,39)/t21-,24+,25-,27+,28-/m1/s1. The fourth-order valence-electron chi connectivity index (χ4n) is 5.71. The minimum atomic E-state index is -1.52. The Kier molecular flexibility index (Phi) is 9.94. The molecule has 0 radical (unpaired) electrons. The molecule has 12 heteroatoms. The molecular formula is C32H38N4O6S2. The van der Waals surface area contributed by atoms with Gasteiger partial charge in [0.05, 0.1) is 29.7 Å². The Hall–Kier alpha value is -3.45. The van der Waals surface area contributed by atoms with Gasteiger partial charge in [0, 0.05) is 21.1 Å². The highest BCUT2D eigenvalue weighted by atomic mass is 32.2. The molecule has 1 saturated heterocycles. The summed E-state index contributed by atoms with van der Waals surface area (Å²) in [6, 6.07) is 15.1. The number of hydrogen-bond acceptors (Lipinski definition) is 9. The van der Waals surface area contributed by atoms with Gasteiger partial charge in [-0.3, -0.25) is 14.4 Å². The first kappa shape index (κ1) is 32.0. The van der Waals surface area contributed by atoms with Crippen molar-refractivity contribution in [3.63, 3.8) is 0 Å². The maximum Gasteiger partial charge on any atom is 0.252 e. The second-order valence-electron chi connectivity index (χ2n) is 11.7. The third-order valence-electron chi connectivity index (χ3n) is 8.19. The Bertz CT molecular complexity index is 1480. The van der Waals surface area contributed by atoms with E-state index in [2.05, 4.69) is 15.6 Å². The molecule has 1 fully saturated rings. The minimum absolute atomic E-state index is 0.0281. The number of nitrogens with zero attached hydrogens (tertiary/aromatic N) is 2. The van der Waals surface area contributed by atoms with Crippen molar-refractivity contribution in [3.8, 4) is 5.75 Å². The number of fused-ring (bicyclic) bond motifs is 1. The number of carbonyl (C=O) groups excluding carboxylic acids is 3. The molecule has 0 bridgehead atoms. The lowest BCUT2D eigenvalue weighted by Gasteiger charge is -2.33. The summed E-state index contributed by atoms with van der Waals surface area (Å²) in [5.41, 5.74) is 4.03. The fraction of sp³-hybridized carbons (Fsp3) is 0.438. The van der Waals surface area contributed by atoms with Gasteiger partial charge in [-0.15, -0.1) is 23.1 Å². The van der Waals surface area contributed by atoms with Crippen molar-refractivity contribution in [2.75, 3.05) is 12.5 Å². The smallest absolute Gasteiger partial charge is 0.252 e. The summed E-state index contributed by atoms with van der Waals surface area (Å²) in [7, 11) is 0. The number of rotatable bonds is 10. The maximum atomic E-state index is 13.8. The van der Waals surface area contributed by atoms with E-state index < -0.39 is 46.8 Å². The van der Waals surface area contributed by atoms with Crippen LogP contribution in [0.25, 0.3) is 0 Å². The van der Waals surface area contributed by atoms with Crippen LogP contribution in [0.15, 0.2) is 60.1 Å². The van der Waals surface area contributed by atoms with E-state index in [9.17, 15) is 24.6 Å². The molecule has 5 rings (SSSR count). The first-order chi connectivity index (χ1) is 21.0. The summed E-state index contributed by atoms with van der Waals surface area (Å²) < 4.78 is 5.02. The van der Waals surface area contributed by atoms with E-state index in [1.807, 2.05) is 63.2 Å². The summed E-state index contributed by atoms with van der Waals surface area (Å²) >= 11 is 2.96. The number of amides is 3. The Morgan fingerprint density at radius 3 is 2.59 bits per heavy atom. The number of thioether (sulfide) groups is 1. The van der Waals surface area contributed by atoms with Gasteiger partial charge >= 0.3 is 0 Å². The quantitative estimate of drug-likeness (QED) is 0.266. The molecule has 0 unspecified atom stereocenters. The van der Waals surface area contributed by atoms with Crippen molar-refractivity contribution < 1.29 is 29.3 Å². The van der Waals surface area contributed by atoms with Gasteiger partial charge in [0.1, 0.15) is 30.6 Å². The number of aryl methyl sites for hydroxylation is 1. The van der Waals surface area contributed by atoms with Gasteiger partial charge in [0.25, 0.3) is 5.91 Å². The molecule has 44 heavy (non-hydrogen) atoms. The van der Waals surface area contributed by atoms with Crippen LogP contribution in [0.5, 0.6) is 5.75 Å². The third kappa shape index (κ3) is 7.09. The van der Waals surface area contributed by atoms with Gasteiger partial charge in [-0.2, -0.15) is 0 Å². The number of thiazole rings is 1. The Morgan fingerprint density at radius 1 is 1.14 bits per heavy atom. The zero-order valence-corrected chi connectivity index (χ0v) is 26.6. The highest BCUT2D eigenvalue weighted by Gasteiger charge is 2.49. The van der Waals surface area contributed by atoms with Crippen molar-refractivity contribution in [1.82, 2.24) is 20.5 Å². The molecule has 2 aliphatic heterocycles. The summed E-state index contributed by atoms with van der Waals surface area (Å²) in [5.74, 6) is -1.29. The van der Waals surface area contributed by atoms with E-state index in [1.54, 1.807) is 17.6 Å². The largest absolute Gasteiger partial charge is 0.490 e. The van der Waals surface area contributed by atoms with E-state index in [0.29, 0.717) is 11.3 Å². The van der Waals surface area contributed by atoms with Crippen LogP contribution in [0.3, 0.4) is 0 Å². The summed E-state index contributed by atoms with van der Waals surface area (Å²) in [5, 5.41) is 27.9. The zero-order valence-electron chi connectivity index (χ0n) is 24.9. The van der Waals surface area contributed by atoms with Crippen LogP contribution in [0, 0.1) is 12.8 Å². The average molecular weight is 639 g/mol. The zero-order chi connectivity index (χ0) is 31.4. The van der Waals surface area contributed by atoms with Crippen LogP contribution < -0.4 is 15.4 Å². The van der Waals surface area contributed by atoms with Gasteiger partial charge in [0.15, 0.2) is 0 Å². The van der Waals surface area contributed by atoms with Gasteiger partial charge in [-0.1, -0.05) is 48.5 Å². The molecule has 0 spiro atoms. The van der Waals surface area contributed by atoms with Crippen LogP contribution in [-0.4, -0.2) is 73.3 Å². The molecule has 1 aromatic heterocycles. The Morgan fingerprint density at radius 2 is 1.86 bits per heavy atom. The number of aliphatic hydroxyl groups excluding tert-OH is 2. The van der Waals surface area contributed by atoms with Crippen molar-refractivity contribution in [2.45, 2.75) is 69.2 Å². The van der Waals surface area contributed by atoms with Crippen molar-refractivity contribution in [1.29, 1.82) is 0 Å². The van der Waals surface area contributed by atoms with Crippen LogP contribution in [0.2, 0.25) is 0 Å². The first-order valence-electron chi connectivity index (χ1n) is 14.6. The van der Waals surface area contributed by atoms with Crippen molar-refractivity contribution in [2.24, 2.45) is 5.92 Å². The van der Waals surface area contributed by atoms with Gasteiger partial charge < -0.3 is 30.5 Å². The molecule has 10 nitrogen and oxygen atoms in total. The lowest BCUT2D eigenvalue weighted by molar-refractivity contribution is -0.147. The molecule has 5 atom stereocenters. The number of carbonyl (C=O) groups is 3. The number of ether oxygens (including phenoxy) is 1. The highest BCUT2D eigenvalue weighted by Crippen LogP contribution is 2.40. The molecule has 3 amide bonds. The van der Waals surface area contributed by atoms with Crippen LogP contribution in [-0.2, 0) is 27.3 Å². The number of aliphatic hydroxyl groups is 2. The molecule has 3 heterocycles. The summed E-state index contributed by atoms with van der Waals surface area (Å²) in [6.45, 7) is 6.01. The first-order valence-corrected chi connectivity index (χ1v) is 16.4. The average Bonchev–Trinajstić information content (AvgIpc) is 3.57. The lowest BCUT2D eigenvalue weighted by atomic mass is 9.90. The fourth-order valence-corrected chi connectivity index (χ4v) is 7.45. The molecule has 4 N–H and O–H groups in total. The predicted molar refractivity (Wildman–Crippen MR) is 169 cm³/mol. The summed E-state index contributed by atoms with van der Waals surface area (Å²) in [4.78, 5) is 47.6. The SMILES string of the molecule is Cc1scnc1CNC(=O)[C@H]1N(C(=O)[C@@H](O)C[C@@H](Cc2ccccc2)C(=O)N[C@H]2c3ccccc3OC[C@H]2O)CSC1(C)C. The maximum absolute atomic E-state index is 13.8. The van der Waals surface area contributed by atoms with E-state index in [1.165, 1.54) is 28.0 Å². The Labute approximate surface area is 265 Å². The van der Waals surface area contributed by atoms with Crippen molar-refractivity contribution in [3.05, 3.63) is 81.8 Å². The topological polar surface area (TPSA) is 141 Å². The van der Waals surface area contributed by atoms with Gasteiger partial charge in [-0.25, -0.2) is 4.98 Å². The van der Waals surface area contributed by atoms with Crippen LogP contribution >= 0.6 is 23.1 Å². The normalized spacial score (nSPS) is 21.9. The van der Waals surface area contributed by atoms with Crippen molar-refractivity contribution >= 4 is 40.8 Å².